The van der Waals surface area contributed by atoms with Crippen molar-refractivity contribution in [2.45, 2.75) is 0 Å². The first kappa shape index (κ1) is 127. The fraction of sp³-hybridized carbons (Fsp3) is 0. The summed E-state index contributed by atoms with van der Waals surface area (Å²) in [6.07, 6.45) is 0. The van der Waals surface area contributed by atoms with E-state index in [1.54, 1.807) is 0 Å². The molecule has 8 heteroatoms. The van der Waals surface area contributed by atoms with Gasteiger partial charge in [0.25, 0.3) is 0 Å². The first-order valence-electron chi connectivity index (χ1n) is 0. The topological polar surface area (TPSA) is 158 Å². The van der Waals surface area contributed by atoms with Crippen molar-refractivity contribution in [1.82, 2.24) is 0 Å². The number of rotatable bonds is 0. The van der Waals surface area contributed by atoms with E-state index < -0.39 is 0 Å². The SMILES string of the molecule is O.O.O.O.O.[Y].[Y].[Zr]. The van der Waals surface area contributed by atoms with Crippen molar-refractivity contribution in [3.63, 3.8) is 0 Å². The summed E-state index contributed by atoms with van der Waals surface area (Å²) in [4.78, 5) is 0. The summed E-state index contributed by atoms with van der Waals surface area (Å²) in [6.45, 7) is 0. The van der Waals surface area contributed by atoms with Gasteiger partial charge < -0.3 is 27.4 Å². The van der Waals surface area contributed by atoms with Gasteiger partial charge in [0.1, 0.15) is 0 Å². The molecular formula is H10O5Y2Zr. The first-order valence-corrected chi connectivity index (χ1v) is 0. The summed E-state index contributed by atoms with van der Waals surface area (Å²) >= 11 is 0. The maximum atomic E-state index is 0. The van der Waals surface area contributed by atoms with E-state index in [-0.39, 0.29) is 119 Å². The van der Waals surface area contributed by atoms with Crippen molar-refractivity contribution >= 4 is 0 Å². The van der Waals surface area contributed by atoms with E-state index in [9.17, 15) is 0 Å². The van der Waals surface area contributed by atoms with E-state index in [0.29, 0.717) is 0 Å². The van der Waals surface area contributed by atoms with Crippen molar-refractivity contribution < 1.29 is 119 Å². The van der Waals surface area contributed by atoms with Gasteiger partial charge in [-0.2, -0.15) is 0 Å². The van der Waals surface area contributed by atoms with Crippen molar-refractivity contribution in [3.05, 3.63) is 0 Å². The zero-order valence-corrected chi connectivity index (χ0v) is 12.3. The van der Waals surface area contributed by atoms with Gasteiger partial charge in [-0.15, -0.1) is 0 Å². The molecule has 10 N–H and O–H groups in total. The standard InChI is InChI=1S/5H2O.2Y.Zr/h5*1H2;;;. The fourth-order valence-corrected chi connectivity index (χ4v) is 0. The molecule has 2 radical (unpaired) electrons. The minimum absolute atomic E-state index is 0. The Morgan fingerprint density at radius 1 is 0.375 bits per heavy atom. The van der Waals surface area contributed by atoms with Gasteiger partial charge in [0.05, 0.1) is 0 Å². The normalized spacial score (nSPS) is 0. The van der Waals surface area contributed by atoms with Crippen LogP contribution in [0.1, 0.15) is 0 Å². The molecule has 0 bridgehead atoms. The quantitative estimate of drug-likeness (QED) is 0.412. The van der Waals surface area contributed by atoms with E-state index in [1.165, 1.54) is 0 Å². The molecule has 0 saturated carbocycles. The maximum Gasteiger partial charge on any atom is 0 e. The van der Waals surface area contributed by atoms with Gasteiger partial charge in [-0.25, -0.2) is 0 Å². The zero-order valence-electron chi connectivity index (χ0n) is 4.15. The van der Waals surface area contributed by atoms with Crippen LogP contribution in [0.15, 0.2) is 0 Å². The van der Waals surface area contributed by atoms with Crippen LogP contribution in [0.4, 0.5) is 0 Å². The average molecular weight is 359 g/mol. The van der Waals surface area contributed by atoms with E-state index in [1.807, 2.05) is 0 Å². The smallest absolute Gasteiger partial charge is 0 e. The Kier molecular flexibility index (Phi) is 1490. The predicted molar refractivity (Wildman–Crippen MR) is 18.1 cm³/mol. The molecule has 0 saturated heterocycles. The van der Waals surface area contributed by atoms with Crippen LogP contribution in [-0.4, -0.2) is 27.4 Å². The van der Waals surface area contributed by atoms with E-state index in [0.717, 1.165) is 0 Å². The molecule has 0 heterocycles. The molecule has 0 unspecified atom stereocenters. The Morgan fingerprint density at radius 2 is 0.375 bits per heavy atom. The fourth-order valence-electron chi connectivity index (χ4n) is 0. The summed E-state index contributed by atoms with van der Waals surface area (Å²) in [6, 6.07) is 0. The molecule has 0 aliphatic carbocycles. The average Bonchev–Trinajstić information content (AvgIpc) is 0. The van der Waals surface area contributed by atoms with Gasteiger partial charge in [-0.1, -0.05) is 0 Å². The van der Waals surface area contributed by atoms with Gasteiger partial charge in [-0.3, -0.25) is 0 Å². The minimum atomic E-state index is 0. The Balaban J connectivity index is 0. The first-order chi connectivity index (χ1) is 0. The third-order valence-electron chi connectivity index (χ3n) is 0. The van der Waals surface area contributed by atoms with Crippen molar-refractivity contribution in [3.8, 4) is 0 Å². The second-order valence-corrected chi connectivity index (χ2v) is 0. The molecule has 0 aromatic heterocycles. The molecule has 0 spiro atoms. The van der Waals surface area contributed by atoms with Crippen molar-refractivity contribution in [2.75, 3.05) is 0 Å². The molecule has 0 amide bonds. The molecule has 0 atom stereocenters. The second-order valence-electron chi connectivity index (χ2n) is 0. The summed E-state index contributed by atoms with van der Waals surface area (Å²) in [7, 11) is 0. The predicted octanol–water partition coefficient (Wildman–Crippen LogP) is -4.13. The van der Waals surface area contributed by atoms with E-state index >= 15 is 0 Å². The van der Waals surface area contributed by atoms with Crippen LogP contribution in [0.2, 0.25) is 0 Å². The van der Waals surface area contributed by atoms with Crippen LogP contribution in [0.25, 0.3) is 0 Å². The summed E-state index contributed by atoms with van der Waals surface area (Å²) in [5, 5.41) is 0. The Bertz CT molecular complexity index is 10.4. The Hall–Kier alpha value is 2.89. The van der Waals surface area contributed by atoms with Crippen LogP contribution in [0, 0.1) is 0 Å². The maximum absolute atomic E-state index is 0. The van der Waals surface area contributed by atoms with Gasteiger partial charge in [-0.05, 0) is 0 Å². The monoisotopic (exact) mass is 358 g/mol. The van der Waals surface area contributed by atoms with Gasteiger partial charge in [0.2, 0.25) is 0 Å². The van der Waals surface area contributed by atoms with Crippen molar-refractivity contribution in [2.24, 2.45) is 0 Å². The molecule has 0 aliphatic rings. The van der Waals surface area contributed by atoms with Crippen LogP contribution < -0.4 is 0 Å². The third-order valence-corrected chi connectivity index (χ3v) is 0. The molecule has 5 nitrogen and oxygen atoms in total. The van der Waals surface area contributed by atoms with Gasteiger partial charge in [0.15, 0.2) is 0 Å². The summed E-state index contributed by atoms with van der Waals surface area (Å²) in [5.41, 5.74) is 0. The number of hydrogen-bond acceptors (Lipinski definition) is 0. The number of hydrogen-bond donors (Lipinski definition) is 0. The molecule has 0 aromatic carbocycles. The zero-order chi connectivity index (χ0) is 0. The Labute approximate surface area is 117 Å². The van der Waals surface area contributed by atoms with Crippen LogP contribution in [-0.2, 0) is 91.6 Å². The largest absolute Gasteiger partial charge is 0.412 e. The Morgan fingerprint density at radius 3 is 0.375 bits per heavy atom. The molecule has 50 valence electrons. The molecule has 0 aromatic rings. The molecular weight excluding hydrogens is 349 g/mol. The molecule has 0 rings (SSSR count). The summed E-state index contributed by atoms with van der Waals surface area (Å²) in [5.74, 6) is 0. The van der Waals surface area contributed by atoms with E-state index in [4.69, 9.17) is 0 Å². The molecule has 0 aliphatic heterocycles. The van der Waals surface area contributed by atoms with Crippen LogP contribution in [0.3, 0.4) is 0 Å². The van der Waals surface area contributed by atoms with E-state index in [2.05, 4.69) is 0 Å². The van der Waals surface area contributed by atoms with Gasteiger partial charge >= 0.3 is 0 Å². The minimum Gasteiger partial charge on any atom is -0.412 e. The third kappa shape index (κ3) is 66.2. The van der Waals surface area contributed by atoms with Crippen LogP contribution in [0.5, 0.6) is 0 Å². The molecule has 0 fully saturated rings. The van der Waals surface area contributed by atoms with Crippen LogP contribution >= 0.6 is 0 Å². The summed E-state index contributed by atoms with van der Waals surface area (Å²) < 4.78 is 0. The van der Waals surface area contributed by atoms with Crippen molar-refractivity contribution in [1.29, 1.82) is 0 Å². The second kappa shape index (κ2) is 93.6. The van der Waals surface area contributed by atoms with Gasteiger partial charge in [0, 0.05) is 91.6 Å². The molecule has 8 heavy (non-hydrogen) atoms.